The zero-order chi connectivity index (χ0) is 14.9. The largest absolute Gasteiger partial charge is 0.370 e. The molecule has 0 aromatic heterocycles. The van der Waals surface area contributed by atoms with E-state index in [2.05, 4.69) is 59.7 Å². The molecule has 0 bridgehead atoms. The van der Waals surface area contributed by atoms with Crippen LogP contribution in [-0.2, 0) is 10.2 Å². The Morgan fingerprint density at radius 3 is 2.35 bits per heavy atom. The SMILES string of the molecule is CCC(CC1OC1CC)c1ccc(C)c(C(C)(C)C)c1. The van der Waals surface area contributed by atoms with Gasteiger partial charge in [0.15, 0.2) is 0 Å². The van der Waals surface area contributed by atoms with Gasteiger partial charge in [-0.05, 0) is 54.2 Å². The maximum Gasteiger partial charge on any atom is 0.0847 e. The van der Waals surface area contributed by atoms with E-state index >= 15 is 0 Å². The Hall–Kier alpha value is -0.820. The molecule has 1 aromatic carbocycles. The van der Waals surface area contributed by atoms with E-state index in [1.807, 2.05) is 0 Å². The molecule has 0 spiro atoms. The van der Waals surface area contributed by atoms with Crippen LogP contribution in [-0.4, -0.2) is 12.2 Å². The van der Waals surface area contributed by atoms with Crippen LogP contribution in [0.15, 0.2) is 18.2 Å². The lowest BCUT2D eigenvalue weighted by Gasteiger charge is -2.24. The fraction of sp³-hybridized carbons (Fsp3) is 0.684. The minimum absolute atomic E-state index is 0.223. The van der Waals surface area contributed by atoms with Crippen molar-refractivity contribution in [2.75, 3.05) is 0 Å². The monoisotopic (exact) mass is 274 g/mol. The van der Waals surface area contributed by atoms with Crippen LogP contribution in [0.3, 0.4) is 0 Å². The second kappa shape index (κ2) is 5.89. The Balaban J connectivity index is 2.18. The fourth-order valence-electron chi connectivity index (χ4n) is 3.27. The lowest BCUT2D eigenvalue weighted by molar-refractivity contribution is 0.349. The topological polar surface area (TPSA) is 12.5 Å². The molecule has 1 aromatic rings. The smallest absolute Gasteiger partial charge is 0.0847 e. The van der Waals surface area contributed by atoms with Gasteiger partial charge >= 0.3 is 0 Å². The van der Waals surface area contributed by atoms with Crippen molar-refractivity contribution in [3.63, 3.8) is 0 Å². The summed E-state index contributed by atoms with van der Waals surface area (Å²) in [6.45, 7) is 13.6. The van der Waals surface area contributed by atoms with Crippen molar-refractivity contribution in [1.82, 2.24) is 0 Å². The van der Waals surface area contributed by atoms with Gasteiger partial charge in [-0.25, -0.2) is 0 Å². The highest BCUT2D eigenvalue weighted by Gasteiger charge is 2.38. The fourth-order valence-corrected chi connectivity index (χ4v) is 3.27. The zero-order valence-corrected chi connectivity index (χ0v) is 14.0. The number of hydrogen-bond donors (Lipinski definition) is 0. The van der Waals surface area contributed by atoms with Crippen molar-refractivity contribution >= 4 is 0 Å². The molecule has 1 aliphatic rings. The van der Waals surface area contributed by atoms with Crippen LogP contribution in [0.1, 0.15) is 76.5 Å². The van der Waals surface area contributed by atoms with Crippen molar-refractivity contribution in [3.05, 3.63) is 34.9 Å². The second-order valence-electron chi connectivity index (χ2n) is 7.29. The Kier molecular flexibility index (Phi) is 4.59. The molecule has 0 radical (unpaired) electrons. The summed E-state index contributed by atoms with van der Waals surface area (Å²) in [5.41, 5.74) is 4.61. The maximum atomic E-state index is 5.74. The van der Waals surface area contributed by atoms with Gasteiger partial charge in [-0.3, -0.25) is 0 Å². The molecular weight excluding hydrogens is 244 g/mol. The predicted octanol–water partition coefficient (Wildman–Crippen LogP) is 5.35. The maximum absolute atomic E-state index is 5.74. The first kappa shape index (κ1) is 15.6. The summed E-state index contributed by atoms with van der Waals surface area (Å²) in [6, 6.07) is 7.05. The normalized spacial score (nSPS) is 23.7. The zero-order valence-electron chi connectivity index (χ0n) is 14.0. The van der Waals surface area contributed by atoms with E-state index in [0.29, 0.717) is 18.1 Å². The molecule has 1 heteroatoms. The quantitative estimate of drug-likeness (QED) is 0.659. The molecule has 1 saturated heterocycles. The number of ether oxygens (including phenoxy) is 1. The van der Waals surface area contributed by atoms with Crippen LogP contribution in [0, 0.1) is 6.92 Å². The summed E-state index contributed by atoms with van der Waals surface area (Å²) in [7, 11) is 0. The summed E-state index contributed by atoms with van der Waals surface area (Å²) < 4.78 is 5.74. The molecule has 0 aliphatic carbocycles. The van der Waals surface area contributed by atoms with E-state index in [1.165, 1.54) is 29.5 Å². The Labute approximate surface area is 124 Å². The highest BCUT2D eigenvalue weighted by atomic mass is 16.6. The average Bonchev–Trinajstić information content (AvgIpc) is 3.14. The third-order valence-electron chi connectivity index (χ3n) is 4.64. The van der Waals surface area contributed by atoms with Crippen LogP contribution in [0.2, 0.25) is 0 Å². The molecular formula is C19H30O. The summed E-state index contributed by atoms with van der Waals surface area (Å²) in [6.07, 6.45) is 4.56. The molecule has 1 heterocycles. The predicted molar refractivity (Wildman–Crippen MR) is 86.5 cm³/mol. The van der Waals surface area contributed by atoms with Crippen molar-refractivity contribution in [3.8, 4) is 0 Å². The summed E-state index contributed by atoms with van der Waals surface area (Å²) in [5, 5.41) is 0. The van der Waals surface area contributed by atoms with Gasteiger partial charge in [-0.15, -0.1) is 0 Å². The Morgan fingerprint density at radius 1 is 1.15 bits per heavy atom. The number of benzene rings is 1. The van der Waals surface area contributed by atoms with Gasteiger partial charge in [-0.1, -0.05) is 52.8 Å². The highest BCUT2D eigenvalue weighted by Crippen LogP contribution is 2.37. The van der Waals surface area contributed by atoms with Gasteiger partial charge in [-0.2, -0.15) is 0 Å². The number of aryl methyl sites for hydroxylation is 1. The van der Waals surface area contributed by atoms with Crippen molar-refractivity contribution in [1.29, 1.82) is 0 Å². The van der Waals surface area contributed by atoms with E-state index in [4.69, 9.17) is 4.74 Å². The summed E-state index contributed by atoms with van der Waals surface area (Å²) >= 11 is 0. The molecule has 0 N–H and O–H groups in total. The first-order valence-corrected chi connectivity index (χ1v) is 8.13. The second-order valence-corrected chi connectivity index (χ2v) is 7.29. The molecule has 1 nitrogen and oxygen atoms in total. The van der Waals surface area contributed by atoms with Crippen molar-refractivity contribution in [2.45, 2.75) is 84.3 Å². The van der Waals surface area contributed by atoms with Gasteiger partial charge in [0, 0.05) is 0 Å². The van der Waals surface area contributed by atoms with E-state index in [1.54, 1.807) is 0 Å². The first-order chi connectivity index (χ1) is 9.36. The third kappa shape index (κ3) is 3.44. The van der Waals surface area contributed by atoms with Crippen LogP contribution in [0.25, 0.3) is 0 Å². The van der Waals surface area contributed by atoms with Crippen LogP contribution in [0.4, 0.5) is 0 Å². The van der Waals surface area contributed by atoms with Gasteiger partial charge in [0.1, 0.15) is 0 Å². The van der Waals surface area contributed by atoms with E-state index < -0.39 is 0 Å². The minimum atomic E-state index is 0.223. The lowest BCUT2D eigenvalue weighted by Crippen LogP contribution is -2.14. The van der Waals surface area contributed by atoms with Gasteiger partial charge in [0.05, 0.1) is 12.2 Å². The molecule has 0 amide bonds. The summed E-state index contributed by atoms with van der Waals surface area (Å²) in [4.78, 5) is 0. The number of rotatable bonds is 5. The van der Waals surface area contributed by atoms with Crippen molar-refractivity contribution < 1.29 is 4.74 Å². The number of hydrogen-bond acceptors (Lipinski definition) is 1. The van der Waals surface area contributed by atoms with E-state index in [-0.39, 0.29) is 5.41 Å². The average molecular weight is 274 g/mol. The van der Waals surface area contributed by atoms with Crippen LogP contribution >= 0.6 is 0 Å². The molecule has 1 fully saturated rings. The van der Waals surface area contributed by atoms with E-state index in [9.17, 15) is 0 Å². The molecule has 2 rings (SSSR count). The molecule has 3 unspecified atom stereocenters. The lowest BCUT2D eigenvalue weighted by atomic mass is 9.80. The molecule has 3 atom stereocenters. The van der Waals surface area contributed by atoms with Gasteiger partial charge < -0.3 is 4.74 Å². The third-order valence-corrected chi connectivity index (χ3v) is 4.64. The van der Waals surface area contributed by atoms with Crippen molar-refractivity contribution in [2.24, 2.45) is 0 Å². The molecule has 1 aliphatic heterocycles. The first-order valence-electron chi connectivity index (χ1n) is 8.13. The standard InChI is InChI=1S/C19H30O/c1-7-14(12-18-17(8-2)20-18)15-10-9-13(3)16(11-15)19(4,5)6/h9-11,14,17-18H,7-8,12H2,1-6H3. The highest BCUT2D eigenvalue weighted by molar-refractivity contribution is 5.37. The number of epoxide rings is 1. The Bertz CT molecular complexity index is 455. The molecule has 20 heavy (non-hydrogen) atoms. The molecule has 0 saturated carbocycles. The van der Waals surface area contributed by atoms with Crippen LogP contribution in [0.5, 0.6) is 0 Å². The summed E-state index contributed by atoms with van der Waals surface area (Å²) in [5.74, 6) is 0.637. The van der Waals surface area contributed by atoms with Gasteiger partial charge in [0.2, 0.25) is 0 Å². The van der Waals surface area contributed by atoms with Crippen LogP contribution < -0.4 is 0 Å². The Morgan fingerprint density at radius 2 is 1.85 bits per heavy atom. The van der Waals surface area contributed by atoms with Gasteiger partial charge in [0.25, 0.3) is 0 Å². The molecule has 112 valence electrons. The minimum Gasteiger partial charge on any atom is -0.370 e. The van der Waals surface area contributed by atoms with E-state index in [0.717, 1.165) is 6.42 Å².